The van der Waals surface area contributed by atoms with Gasteiger partial charge in [0.25, 0.3) is 0 Å². The van der Waals surface area contributed by atoms with Crippen molar-refractivity contribution in [3.8, 4) is 0 Å². The third kappa shape index (κ3) is 4.43. The van der Waals surface area contributed by atoms with E-state index in [9.17, 15) is 0 Å². The van der Waals surface area contributed by atoms with Gasteiger partial charge in [-0.2, -0.15) is 0 Å². The normalized spacial score (nSPS) is 12.0. The topological polar surface area (TPSA) is 20.2 Å². The molecule has 1 N–H and O–H groups in total. The quantitative estimate of drug-likeness (QED) is 0.543. The molecular formula is C7H17NO+. The van der Waals surface area contributed by atoms with Gasteiger partial charge in [0.05, 0.1) is 27.2 Å². The molecule has 0 bridgehead atoms. The highest BCUT2D eigenvalue weighted by Crippen LogP contribution is 1.96. The van der Waals surface area contributed by atoms with Gasteiger partial charge in [0, 0.05) is 0 Å². The van der Waals surface area contributed by atoms with E-state index in [-0.39, 0.29) is 6.61 Å². The molecule has 0 saturated carbocycles. The second-order valence-electron chi connectivity index (χ2n) is 2.96. The second-order valence-corrected chi connectivity index (χ2v) is 2.96. The van der Waals surface area contributed by atoms with E-state index in [1.807, 2.05) is 0 Å². The highest BCUT2D eigenvalue weighted by Gasteiger charge is 2.10. The first kappa shape index (κ1) is 8.92. The smallest absolute Gasteiger partial charge is 0.102 e. The molecule has 0 aromatic rings. The Morgan fingerprint density at radius 2 is 1.89 bits per heavy atom. The van der Waals surface area contributed by atoms with Gasteiger partial charge in [-0.25, -0.2) is 0 Å². The second kappa shape index (κ2) is 3.85. The third-order valence-corrected chi connectivity index (χ3v) is 1.47. The predicted octanol–water partition coefficient (Wildman–Crippen LogP) is 0.279. The van der Waals surface area contributed by atoms with Crippen LogP contribution in [0.2, 0.25) is 0 Å². The minimum atomic E-state index is 0.271. The highest BCUT2D eigenvalue weighted by atomic mass is 16.3. The van der Waals surface area contributed by atoms with Crippen molar-refractivity contribution in [3.05, 3.63) is 6.92 Å². The number of hydrogen-bond donors (Lipinski definition) is 1. The first-order valence-electron chi connectivity index (χ1n) is 3.34. The van der Waals surface area contributed by atoms with Crippen LogP contribution in [-0.2, 0) is 0 Å². The number of hydrogen-bond acceptors (Lipinski definition) is 1. The van der Waals surface area contributed by atoms with Crippen LogP contribution in [0.4, 0.5) is 0 Å². The average Bonchev–Trinajstić information content (AvgIpc) is 1.64. The lowest BCUT2D eigenvalue weighted by Gasteiger charge is -2.28. The van der Waals surface area contributed by atoms with Gasteiger partial charge in [0.15, 0.2) is 0 Å². The van der Waals surface area contributed by atoms with Crippen molar-refractivity contribution >= 4 is 0 Å². The van der Waals surface area contributed by atoms with E-state index in [2.05, 4.69) is 21.0 Å². The number of rotatable bonds is 4. The van der Waals surface area contributed by atoms with Gasteiger partial charge in [-0.1, -0.05) is 0 Å². The largest absolute Gasteiger partial charge is 0.391 e. The fourth-order valence-electron chi connectivity index (χ4n) is 0.811. The van der Waals surface area contributed by atoms with Crippen molar-refractivity contribution in [1.82, 2.24) is 0 Å². The lowest BCUT2D eigenvalue weighted by atomic mass is 10.4. The molecular weight excluding hydrogens is 114 g/mol. The van der Waals surface area contributed by atoms with Gasteiger partial charge in [-0.15, -0.1) is 0 Å². The van der Waals surface area contributed by atoms with Crippen molar-refractivity contribution in [2.24, 2.45) is 0 Å². The molecule has 1 radical (unpaired) electrons. The molecule has 0 unspecified atom stereocenters. The van der Waals surface area contributed by atoms with Crippen LogP contribution in [0.3, 0.4) is 0 Å². The molecule has 0 fully saturated rings. The van der Waals surface area contributed by atoms with Crippen LogP contribution < -0.4 is 0 Å². The van der Waals surface area contributed by atoms with E-state index >= 15 is 0 Å². The molecule has 0 heterocycles. The molecule has 0 saturated heterocycles. The van der Waals surface area contributed by atoms with E-state index in [1.54, 1.807) is 0 Å². The maximum atomic E-state index is 8.59. The molecule has 0 rings (SSSR count). The molecule has 0 aliphatic rings. The predicted molar refractivity (Wildman–Crippen MR) is 38.9 cm³/mol. The first-order chi connectivity index (χ1) is 4.12. The SMILES string of the molecule is [CH2]CC[N+](C)(C)CCO. The van der Waals surface area contributed by atoms with Crippen molar-refractivity contribution in [2.45, 2.75) is 6.42 Å². The Hall–Kier alpha value is -0.0800. The lowest BCUT2D eigenvalue weighted by Crippen LogP contribution is -2.42. The monoisotopic (exact) mass is 131 g/mol. The summed E-state index contributed by atoms with van der Waals surface area (Å²) in [5.41, 5.74) is 0. The van der Waals surface area contributed by atoms with Gasteiger partial charge in [-0.3, -0.25) is 0 Å². The molecule has 0 atom stereocenters. The summed E-state index contributed by atoms with van der Waals surface area (Å²) >= 11 is 0. The Morgan fingerprint density at radius 3 is 2.22 bits per heavy atom. The van der Waals surface area contributed by atoms with Crippen LogP contribution >= 0.6 is 0 Å². The zero-order valence-corrected chi connectivity index (χ0v) is 6.43. The standard InChI is InChI=1S/C7H17NO/c1-4-5-8(2,3)6-7-9/h9H,1,4-7H2,2-3H3/q+1. The van der Waals surface area contributed by atoms with Gasteiger partial charge < -0.3 is 9.59 Å². The summed E-state index contributed by atoms with van der Waals surface area (Å²) in [4.78, 5) is 0. The van der Waals surface area contributed by atoms with Crippen LogP contribution in [-0.4, -0.2) is 43.4 Å². The van der Waals surface area contributed by atoms with Crippen molar-refractivity contribution in [3.63, 3.8) is 0 Å². The van der Waals surface area contributed by atoms with Gasteiger partial charge in [0.2, 0.25) is 0 Å². The minimum absolute atomic E-state index is 0.271. The molecule has 9 heavy (non-hydrogen) atoms. The first-order valence-corrected chi connectivity index (χ1v) is 3.34. The Labute approximate surface area is 57.7 Å². The summed E-state index contributed by atoms with van der Waals surface area (Å²) in [6.07, 6.45) is 0.938. The van der Waals surface area contributed by atoms with Crippen molar-refractivity contribution < 1.29 is 9.59 Å². The summed E-state index contributed by atoms with van der Waals surface area (Å²) in [6, 6.07) is 0. The lowest BCUT2D eigenvalue weighted by molar-refractivity contribution is -0.890. The summed E-state index contributed by atoms with van der Waals surface area (Å²) in [6.45, 7) is 5.90. The number of aliphatic hydroxyl groups excluding tert-OH is 1. The Balaban J connectivity index is 3.43. The molecule has 0 spiro atoms. The molecule has 0 aliphatic carbocycles. The third-order valence-electron chi connectivity index (χ3n) is 1.47. The minimum Gasteiger partial charge on any atom is -0.391 e. The van der Waals surface area contributed by atoms with E-state index in [0.717, 1.165) is 24.0 Å². The molecule has 0 amide bonds. The van der Waals surface area contributed by atoms with E-state index in [4.69, 9.17) is 5.11 Å². The number of aliphatic hydroxyl groups is 1. The number of quaternary nitrogens is 1. The van der Waals surface area contributed by atoms with Crippen LogP contribution in [0.25, 0.3) is 0 Å². The summed E-state index contributed by atoms with van der Waals surface area (Å²) in [5.74, 6) is 0. The molecule has 55 valence electrons. The van der Waals surface area contributed by atoms with Crippen LogP contribution in [0.1, 0.15) is 6.42 Å². The van der Waals surface area contributed by atoms with E-state index in [0.29, 0.717) is 0 Å². The van der Waals surface area contributed by atoms with Crippen molar-refractivity contribution in [2.75, 3.05) is 33.8 Å². The Kier molecular flexibility index (Phi) is 3.82. The summed E-state index contributed by atoms with van der Waals surface area (Å²) in [7, 11) is 4.20. The van der Waals surface area contributed by atoms with E-state index in [1.165, 1.54) is 0 Å². The van der Waals surface area contributed by atoms with Crippen LogP contribution in [0.15, 0.2) is 0 Å². The molecule has 0 aromatic carbocycles. The highest BCUT2D eigenvalue weighted by molar-refractivity contribution is 4.37. The van der Waals surface area contributed by atoms with Crippen molar-refractivity contribution in [1.29, 1.82) is 0 Å². The van der Waals surface area contributed by atoms with Gasteiger partial charge in [-0.05, 0) is 13.3 Å². The fourth-order valence-corrected chi connectivity index (χ4v) is 0.811. The molecule has 2 heteroatoms. The Morgan fingerprint density at radius 1 is 1.33 bits per heavy atom. The molecule has 0 aliphatic heterocycles. The van der Waals surface area contributed by atoms with Gasteiger partial charge >= 0.3 is 0 Å². The summed E-state index contributed by atoms with van der Waals surface area (Å²) < 4.78 is 0.875. The van der Waals surface area contributed by atoms with Crippen LogP contribution in [0.5, 0.6) is 0 Å². The number of nitrogens with zero attached hydrogens (tertiary/aromatic N) is 1. The molecule has 2 nitrogen and oxygen atoms in total. The maximum absolute atomic E-state index is 8.59. The maximum Gasteiger partial charge on any atom is 0.102 e. The van der Waals surface area contributed by atoms with Crippen LogP contribution in [0, 0.1) is 6.92 Å². The Bertz CT molecular complexity index is 63.3. The summed E-state index contributed by atoms with van der Waals surface area (Å²) in [5, 5.41) is 8.59. The molecule has 0 aromatic heterocycles. The van der Waals surface area contributed by atoms with E-state index < -0.39 is 0 Å². The average molecular weight is 131 g/mol. The fraction of sp³-hybridized carbons (Fsp3) is 0.857. The zero-order valence-electron chi connectivity index (χ0n) is 6.43. The van der Waals surface area contributed by atoms with Gasteiger partial charge in [0.1, 0.15) is 6.54 Å². The zero-order chi connectivity index (χ0) is 7.33. The number of likely N-dealkylation sites (N-methyl/N-ethyl adjacent to an activating group) is 1.